The minimum absolute atomic E-state index is 0. The first-order chi connectivity index (χ1) is 1.00. The zero-order chi connectivity index (χ0) is 2.00. The zero-order valence-electron chi connectivity index (χ0n) is 2.63. The third-order valence-corrected chi connectivity index (χ3v) is 0. The Morgan fingerprint density at radius 2 is 0.714 bits per heavy atom. The molecule has 0 atom stereocenters. The topological polar surface area (TPSA) is 17.1 Å². The van der Waals surface area contributed by atoms with Crippen molar-refractivity contribution in [1.82, 2.24) is 0 Å². The first kappa shape index (κ1) is 117. The monoisotopic (exact) mass is 253 g/mol. The van der Waals surface area contributed by atoms with Crippen molar-refractivity contribution in [2.24, 2.45) is 0 Å². The number of halogens is 4. The van der Waals surface area contributed by atoms with Crippen LogP contribution in [-0.4, -0.2) is 0 Å². The van der Waals surface area contributed by atoms with Gasteiger partial charge in [-0.25, -0.2) is 0 Å². The minimum atomic E-state index is 0. The van der Waals surface area contributed by atoms with E-state index in [1.165, 1.54) is 0 Å². The van der Waals surface area contributed by atoms with Crippen molar-refractivity contribution in [3.05, 3.63) is 0 Å². The molecule has 7 heavy (non-hydrogen) atoms. The van der Waals surface area contributed by atoms with Crippen LogP contribution in [0.25, 0.3) is 0 Å². The molecule has 0 unspecified atom stereocenters. The van der Waals surface area contributed by atoms with Gasteiger partial charge in [0.1, 0.15) is 0 Å². The SMILES string of the molecule is [Cu+2].[F-].[F-].[F-].[F-].[O]=[Mo+2]. The molecule has 0 saturated heterocycles. The summed E-state index contributed by atoms with van der Waals surface area (Å²) in [4.78, 5) is 0. The Morgan fingerprint density at radius 1 is 0.714 bits per heavy atom. The van der Waals surface area contributed by atoms with E-state index in [2.05, 4.69) is 0 Å². The fourth-order valence-electron chi connectivity index (χ4n) is 0. The maximum atomic E-state index is 8.26. The molecule has 0 aromatic rings. The normalized spacial score (nSPS) is 0.429. The summed E-state index contributed by atoms with van der Waals surface area (Å²) in [6, 6.07) is 0. The van der Waals surface area contributed by atoms with Crippen LogP contribution >= 0.6 is 0 Å². The molecular weight excluding hydrogens is 251 g/mol. The second-order valence-corrected chi connectivity index (χ2v) is 0. The van der Waals surface area contributed by atoms with Gasteiger partial charge in [0.25, 0.3) is 0 Å². The number of hydrogen-bond acceptors (Lipinski definition) is 1. The van der Waals surface area contributed by atoms with Crippen molar-refractivity contribution < 1.29 is 59.1 Å². The molecule has 0 amide bonds. The van der Waals surface area contributed by atoms with Crippen LogP contribution in [0.3, 0.4) is 0 Å². The third-order valence-electron chi connectivity index (χ3n) is 0. The van der Waals surface area contributed by atoms with Gasteiger partial charge in [-0.05, 0) is 0 Å². The van der Waals surface area contributed by atoms with Crippen molar-refractivity contribution in [2.75, 3.05) is 0 Å². The second kappa shape index (κ2) is 417. The fraction of sp³-hybridized carbons (Fsp3) is 0. The van der Waals surface area contributed by atoms with Crippen LogP contribution in [0.4, 0.5) is 0 Å². The van der Waals surface area contributed by atoms with E-state index in [-0.39, 0.29) is 35.9 Å². The molecule has 0 aliphatic heterocycles. The molecule has 0 fully saturated rings. The van der Waals surface area contributed by atoms with Crippen molar-refractivity contribution in [3.8, 4) is 0 Å². The average molecular weight is 251 g/mol. The fourth-order valence-corrected chi connectivity index (χ4v) is 0. The van der Waals surface area contributed by atoms with Gasteiger partial charge in [-0.2, -0.15) is 0 Å². The van der Waals surface area contributed by atoms with E-state index in [0.717, 1.165) is 0 Å². The summed E-state index contributed by atoms with van der Waals surface area (Å²) >= 11 is 0.700. The van der Waals surface area contributed by atoms with Gasteiger partial charge in [-0.15, -0.1) is 0 Å². The zero-order valence-corrected chi connectivity index (χ0v) is 5.58. The second-order valence-electron chi connectivity index (χ2n) is 0. The van der Waals surface area contributed by atoms with Gasteiger partial charge in [0, 0.05) is 0 Å². The molecule has 0 heterocycles. The van der Waals surface area contributed by atoms with Crippen LogP contribution < -0.4 is 18.8 Å². The van der Waals surface area contributed by atoms with E-state index >= 15 is 0 Å². The van der Waals surface area contributed by atoms with Crippen molar-refractivity contribution in [1.29, 1.82) is 0 Å². The Bertz CT molecular complexity index is 11.7. The summed E-state index contributed by atoms with van der Waals surface area (Å²) in [7, 11) is 0. The van der Waals surface area contributed by atoms with Crippen LogP contribution in [0.2, 0.25) is 0 Å². The van der Waals surface area contributed by atoms with E-state index in [4.69, 9.17) is 3.40 Å². The molecule has 0 saturated carbocycles. The molecule has 0 N–H and O–H groups in total. The molecule has 0 rings (SSSR count). The Morgan fingerprint density at radius 3 is 0.714 bits per heavy atom. The van der Waals surface area contributed by atoms with Crippen LogP contribution in [0.5, 0.6) is 0 Å². The van der Waals surface area contributed by atoms with E-state index in [0.29, 0.717) is 19.8 Å². The van der Waals surface area contributed by atoms with E-state index in [9.17, 15) is 0 Å². The summed E-state index contributed by atoms with van der Waals surface area (Å²) in [6.45, 7) is 0. The quantitative estimate of drug-likeness (QED) is 0.309. The molecule has 51 valence electrons. The Hall–Kier alpha value is 0.728. The average Bonchev–Trinajstić information content (AvgIpc) is 1.00. The van der Waals surface area contributed by atoms with Crippen molar-refractivity contribution in [3.63, 3.8) is 0 Å². The summed E-state index contributed by atoms with van der Waals surface area (Å²) < 4.78 is 8.26. The summed E-state index contributed by atoms with van der Waals surface area (Å²) in [5, 5.41) is 0. The van der Waals surface area contributed by atoms with Gasteiger partial charge in [-0.1, -0.05) is 0 Å². The van der Waals surface area contributed by atoms with Crippen LogP contribution in [0, 0.1) is 0 Å². The van der Waals surface area contributed by atoms with E-state index in [1.807, 2.05) is 0 Å². The van der Waals surface area contributed by atoms with Gasteiger partial charge in [0.05, 0.1) is 0 Å². The Labute approximate surface area is 59.4 Å². The molecule has 1 nitrogen and oxygen atoms in total. The molecule has 0 aromatic carbocycles. The van der Waals surface area contributed by atoms with Gasteiger partial charge in [0.2, 0.25) is 0 Å². The van der Waals surface area contributed by atoms with Gasteiger partial charge >= 0.3 is 40.2 Å². The summed E-state index contributed by atoms with van der Waals surface area (Å²) in [5.74, 6) is 0. The standard InChI is InChI=1S/Cu.4FH.Mo.O/h;4*1H;;/q+2;;;;;+2;/p-4. The molecule has 0 bridgehead atoms. The summed E-state index contributed by atoms with van der Waals surface area (Å²) in [5.41, 5.74) is 0. The van der Waals surface area contributed by atoms with Gasteiger partial charge in [0.15, 0.2) is 0 Å². The van der Waals surface area contributed by atoms with Crippen molar-refractivity contribution in [2.45, 2.75) is 0 Å². The number of hydrogen-bond donors (Lipinski definition) is 0. The third kappa shape index (κ3) is 284. The summed E-state index contributed by atoms with van der Waals surface area (Å²) in [6.07, 6.45) is 0. The van der Waals surface area contributed by atoms with E-state index in [1.54, 1.807) is 0 Å². The number of rotatable bonds is 0. The van der Waals surface area contributed by atoms with Gasteiger partial charge in [-0.3, -0.25) is 0 Å². The molecule has 1 radical (unpaired) electrons. The van der Waals surface area contributed by atoms with Gasteiger partial charge < -0.3 is 18.8 Å². The first-order valence-corrected chi connectivity index (χ1v) is 0.986. The van der Waals surface area contributed by atoms with Crippen LogP contribution in [0.1, 0.15) is 0 Å². The molecule has 0 aliphatic carbocycles. The van der Waals surface area contributed by atoms with E-state index < -0.39 is 0 Å². The molecule has 7 heteroatoms. The molecular formula is CuF4MoO. The molecule has 0 spiro atoms. The molecule has 0 aliphatic rings. The first-order valence-electron chi connectivity index (χ1n) is 0.167. The Kier molecular flexibility index (Phi) is 6980. The van der Waals surface area contributed by atoms with Crippen molar-refractivity contribution >= 4 is 0 Å². The van der Waals surface area contributed by atoms with Crippen LogP contribution in [-0.2, 0) is 40.2 Å². The predicted octanol–water partition coefficient (Wildman–Crippen LogP) is -12.1. The van der Waals surface area contributed by atoms with Crippen LogP contribution in [0.15, 0.2) is 0 Å². The Balaban J connectivity index is -0.000000000500. The predicted molar refractivity (Wildman–Crippen MR) is 0.686 cm³/mol. The maximum absolute atomic E-state index is 8.26. The molecule has 0 aromatic heterocycles.